The summed E-state index contributed by atoms with van der Waals surface area (Å²) in [4.78, 5) is 0. The number of rotatable bonds is 7. The molecule has 1 atom stereocenters. The van der Waals surface area contributed by atoms with E-state index in [9.17, 15) is 0 Å². The number of ether oxygens (including phenoxy) is 2. The van der Waals surface area contributed by atoms with E-state index in [0.29, 0.717) is 0 Å². The second kappa shape index (κ2) is 7.81. The molecule has 0 spiro atoms. The molecule has 0 aliphatic carbocycles. The molecule has 18 heavy (non-hydrogen) atoms. The van der Waals surface area contributed by atoms with Crippen molar-refractivity contribution in [3.05, 3.63) is 33.7 Å². The maximum absolute atomic E-state index is 5.84. The number of hydrogen-bond acceptors (Lipinski definition) is 3. The lowest BCUT2D eigenvalue weighted by Gasteiger charge is -2.17. The first-order valence-electron chi connectivity index (χ1n) is 5.59. The van der Waals surface area contributed by atoms with E-state index in [2.05, 4.69) is 43.8 Å². The van der Waals surface area contributed by atoms with Crippen LogP contribution < -0.4 is 14.8 Å². The highest BCUT2D eigenvalue weighted by Gasteiger charge is 2.11. The van der Waals surface area contributed by atoms with Gasteiger partial charge in [0.15, 0.2) is 0 Å². The summed E-state index contributed by atoms with van der Waals surface area (Å²) >= 11 is 6.91. The molecule has 0 aliphatic rings. The third-order valence-corrected chi connectivity index (χ3v) is 3.49. The number of hydrogen-bond donors (Lipinski definition) is 1. The summed E-state index contributed by atoms with van der Waals surface area (Å²) in [6, 6.07) is 3.77. The number of methoxy groups -OCH3 is 1. The van der Waals surface area contributed by atoms with E-state index in [-0.39, 0.29) is 6.10 Å². The van der Waals surface area contributed by atoms with Crippen LogP contribution in [0.5, 0.6) is 11.5 Å². The zero-order chi connectivity index (χ0) is 13.5. The second-order valence-corrected chi connectivity index (χ2v) is 5.50. The Morgan fingerprint density at radius 2 is 1.94 bits per heavy atom. The minimum Gasteiger partial charge on any atom is -0.496 e. The van der Waals surface area contributed by atoms with Gasteiger partial charge in [0.25, 0.3) is 0 Å². The number of nitrogens with one attached hydrogen (secondary N) is 1. The van der Waals surface area contributed by atoms with E-state index in [1.54, 1.807) is 7.11 Å². The lowest BCUT2D eigenvalue weighted by Crippen LogP contribution is -2.29. The average molecular weight is 379 g/mol. The molecule has 0 radical (unpaired) electrons. The third kappa shape index (κ3) is 4.63. The molecule has 1 unspecified atom stereocenters. The summed E-state index contributed by atoms with van der Waals surface area (Å²) in [5, 5.41) is 3.22. The molecule has 3 nitrogen and oxygen atoms in total. The number of benzene rings is 1. The normalized spacial score (nSPS) is 12.0. The van der Waals surface area contributed by atoms with Crippen LogP contribution in [-0.4, -0.2) is 26.3 Å². The quantitative estimate of drug-likeness (QED) is 0.578. The van der Waals surface area contributed by atoms with Crippen LogP contribution in [-0.2, 0) is 0 Å². The van der Waals surface area contributed by atoms with Gasteiger partial charge in [-0.3, -0.25) is 0 Å². The van der Waals surface area contributed by atoms with Crippen molar-refractivity contribution in [3.63, 3.8) is 0 Å². The molecule has 5 heteroatoms. The molecule has 0 heterocycles. The molecule has 1 rings (SSSR count). The Morgan fingerprint density at radius 3 is 2.56 bits per heavy atom. The lowest BCUT2D eigenvalue weighted by atomic mass is 10.3. The van der Waals surface area contributed by atoms with Crippen molar-refractivity contribution in [2.45, 2.75) is 13.0 Å². The van der Waals surface area contributed by atoms with Crippen LogP contribution in [0.4, 0.5) is 0 Å². The molecule has 0 fully saturated rings. The van der Waals surface area contributed by atoms with Crippen LogP contribution in [0.25, 0.3) is 0 Å². The Labute approximate surface area is 125 Å². The first-order valence-corrected chi connectivity index (χ1v) is 7.18. The van der Waals surface area contributed by atoms with Crippen molar-refractivity contribution in [1.29, 1.82) is 0 Å². The summed E-state index contributed by atoms with van der Waals surface area (Å²) in [6.07, 6.45) is 1.90. The molecular weight excluding hydrogens is 362 g/mol. The van der Waals surface area contributed by atoms with Crippen LogP contribution in [0.1, 0.15) is 6.92 Å². The van der Waals surface area contributed by atoms with Crippen LogP contribution in [0.15, 0.2) is 33.7 Å². The highest BCUT2D eigenvalue weighted by atomic mass is 79.9. The molecule has 1 aromatic rings. The Kier molecular flexibility index (Phi) is 6.75. The zero-order valence-corrected chi connectivity index (χ0v) is 13.7. The standard InChI is InChI=1S/C13H17Br2NO2/c1-4-5-16-8-9(2)18-13-7-10(14)12(17-3)6-11(13)15/h4,6-7,9,16H,1,5,8H2,2-3H3. The van der Waals surface area contributed by atoms with Crippen molar-refractivity contribution in [2.75, 3.05) is 20.2 Å². The Morgan fingerprint density at radius 1 is 1.33 bits per heavy atom. The topological polar surface area (TPSA) is 30.5 Å². The molecule has 1 aromatic carbocycles. The van der Waals surface area contributed by atoms with Crippen molar-refractivity contribution >= 4 is 31.9 Å². The van der Waals surface area contributed by atoms with E-state index in [4.69, 9.17) is 9.47 Å². The largest absolute Gasteiger partial charge is 0.496 e. The average Bonchev–Trinajstić information content (AvgIpc) is 2.33. The fraction of sp³-hybridized carbons (Fsp3) is 0.385. The van der Waals surface area contributed by atoms with Crippen molar-refractivity contribution in [2.24, 2.45) is 0 Å². The van der Waals surface area contributed by atoms with E-state index < -0.39 is 0 Å². The first-order chi connectivity index (χ1) is 8.58. The molecule has 100 valence electrons. The molecule has 0 aromatic heterocycles. The molecule has 0 bridgehead atoms. The van der Waals surface area contributed by atoms with Gasteiger partial charge in [-0.15, -0.1) is 6.58 Å². The summed E-state index contributed by atoms with van der Waals surface area (Å²) < 4.78 is 12.8. The van der Waals surface area contributed by atoms with Gasteiger partial charge >= 0.3 is 0 Å². The smallest absolute Gasteiger partial charge is 0.135 e. The maximum atomic E-state index is 5.84. The molecule has 0 saturated carbocycles. The van der Waals surface area contributed by atoms with Gasteiger partial charge in [0.1, 0.15) is 17.6 Å². The van der Waals surface area contributed by atoms with E-state index in [0.717, 1.165) is 33.5 Å². The second-order valence-electron chi connectivity index (χ2n) is 3.79. The minimum absolute atomic E-state index is 0.0709. The molecule has 1 N–H and O–H groups in total. The monoisotopic (exact) mass is 377 g/mol. The predicted molar refractivity (Wildman–Crippen MR) is 81.6 cm³/mol. The van der Waals surface area contributed by atoms with Gasteiger partial charge in [-0.05, 0) is 50.9 Å². The highest BCUT2D eigenvalue weighted by Crippen LogP contribution is 2.36. The van der Waals surface area contributed by atoms with Crippen molar-refractivity contribution < 1.29 is 9.47 Å². The predicted octanol–water partition coefficient (Wildman–Crippen LogP) is 3.76. The summed E-state index contributed by atoms with van der Waals surface area (Å²) in [5.41, 5.74) is 0. The highest BCUT2D eigenvalue weighted by molar-refractivity contribution is 9.11. The molecule has 0 saturated heterocycles. The summed E-state index contributed by atoms with van der Waals surface area (Å²) in [7, 11) is 1.63. The van der Waals surface area contributed by atoms with Crippen molar-refractivity contribution in [1.82, 2.24) is 5.32 Å². The van der Waals surface area contributed by atoms with Gasteiger partial charge in [0, 0.05) is 13.1 Å². The molecule has 0 amide bonds. The zero-order valence-electron chi connectivity index (χ0n) is 10.5. The van der Waals surface area contributed by atoms with Crippen LogP contribution in [0.2, 0.25) is 0 Å². The Hall–Kier alpha value is -0.520. The van der Waals surface area contributed by atoms with Gasteiger partial charge in [-0.25, -0.2) is 0 Å². The van der Waals surface area contributed by atoms with E-state index in [1.165, 1.54) is 0 Å². The third-order valence-electron chi connectivity index (χ3n) is 2.25. The Balaban J connectivity index is 2.66. The van der Waals surface area contributed by atoms with Gasteiger partial charge < -0.3 is 14.8 Å². The first kappa shape index (κ1) is 15.5. The van der Waals surface area contributed by atoms with E-state index in [1.807, 2.05) is 25.1 Å². The molecular formula is C13H17Br2NO2. The lowest BCUT2D eigenvalue weighted by molar-refractivity contribution is 0.217. The van der Waals surface area contributed by atoms with E-state index >= 15 is 0 Å². The SMILES string of the molecule is C=CCNCC(C)Oc1cc(Br)c(OC)cc1Br. The van der Waals surface area contributed by atoms with Crippen LogP contribution in [0.3, 0.4) is 0 Å². The van der Waals surface area contributed by atoms with Gasteiger partial charge in [-0.1, -0.05) is 6.08 Å². The van der Waals surface area contributed by atoms with Crippen molar-refractivity contribution in [3.8, 4) is 11.5 Å². The fourth-order valence-electron chi connectivity index (χ4n) is 1.40. The minimum atomic E-state index is 0.0709. The summed E-state index contributed by atoms with van der Waals surface area (Å²) in [6.45, 7) is 7.21. The van der Waals surface area contributed by atoms with Crippen LogP contribution >= 0.6 is 31.9 Å². The van der Waals surface area contributed by atoms with Gasteiger partial charge in [0.2, 0.25) is 0 Å². The summed E-state index contributed by atoms with van der Waals surface area (Å²) in [5.74, 6) is 1.56. The van der Waals surface area contributed by atoms with Crippen LogP contribution in [0, 0.1) is 0 Å². The Bertz CT molecular complexity index is 410. The molecule has 0 aliphatic heterocycles. The van der Waals surface area contributed by atoms with Gasteiger partial charge in [0.05, 0.1) is 16.1 Å². The fourth-order valence-corrected chi connectivity index (χ4v) is 2.30. The maximum Gasteiger partial charge on any atom is 0.135 e. The number of halogens is 2. The van der Waals surface area contributed by atoms with Gasteiger partial charge in [-0.2, -0.15) is 0 Å².